The number of halogens is 1. The number of piperidine rings is 1. The van der Waals surface area contributed by atoms with Gasteiger partial charge in [0.15, 0.2) is 12.0 Å². The molecule has 3 aromatic rings. The van der Waals surface area contributed by atoms with E-state index >= 15 is 4.39 Å². The molecule has 250 valence electrons. The summed E-state index contributed by atoms with van der Waals surface area (Å²) in [5, 5.41) is 15.7. The summed E-state index contributed by atoms with van der Waals surface area (Å²) >= 11 is 0. The molecule has 2 amide bonds. The average Bonchev–Trinajstić information content (AvgIpc) is 3.42. The Hall–Kier alpha value is -5.00. The molecule has 0 saturated carbocycles. The Morgan fingerprint density at radius 2 is 1.90 bits per heavy atom. The molecule has 2 N–H and O–H groups in total. The number of likely N-dealkylation sites (tertiary alicyclic amines) is 1. The molecule has 0 aliphatic carbocycles. The molecule has 4 aliphatic heterocycles. The lowest BCUT2D eigenvalue weighted by Gasteiger charge is -2.43. The van der Waals surface area contributed by atoms with Gasteiger partial charge in [0.1, 0.15) is 35.9 Å². The number of alkyl carbamates (subject to hydrolysis) is 1. The maximum absolute atomic E-state index is 15.2. The third-order valence-corrected chi connectivity index (χ3v) is 9.34. The number of alkyl halides is 1. The largest absolute Gasteiger partial charge is 0.486 e. The van der Waals surface area contributed by atoms with E-state index in [0.29, 0.717) is 23.2 Å². The number of anilines is 3. The van der Waals surface area contributed by atoms with Gasteiger partial charge in [-0.2, -0.15) is 5.26 Å². The number of nitriles is 1. The molecule has 2 aromatic carbocycles. The summed E-state index contributed by atoms with van der Waals surface area (Å²) in [6.45, 7) is 7.40. The van der Waals surface area contributed by atoms with Crippen LogP contribution in [0.15, 0.2) is 54.7 Å². The first-order chi connectivity index (χ1) is 23.3. The number of amides is 2. The van der Waals surface area contributed by atoms with Crippen LogP contribution in [-0.4, -0.2) is 115 Å². The number of hydrogen-bond donors (Lipinski definition) is 2. The highest BCUT2D eigenvalue weighted by molar-refractivity contribution is 5.88. The predicted molar refractivity (Wildman–Crippen MR) is 174 cm³/mol. The van der Waals surface area contributed by atoms with Crippen LogP contribution in [0.1, 0.15) is 18.9 Å². The van der Waals surface area contributed by atoms with Gasteiger partial charge < -0.3 is 34.6 Å². The van der Waals surface area contributed by atoms with Gasteiger partial charge in [-0.05, 0) is 55.5 Å². The number of carbonyl (C=O) groups excluding carboxylic acids is 2. The molecular weight excluding hydrogens is 619 g/mol. The van der Waals surface area contributed by atoms with Crippen LogP contribution in [-0.2, 0) is 14.3 Å². The molecule has 14 heteroatoms. The van der Waals surface area contributed by atoms with E-state index in [9.17, 15) is 14.9 Å². The fourth-order valence-electron chi connectivity index (χ4n) is 6.46. The Kier molecular flexibility index (Phi) is 8.96. The van der Waals surface area contributed by atoms with Gasteiger partial charge in [0.2, 0.25) is 5.91 Å². The Morgan fingerprint density at radius 3 is 2.56 bits per heavy atom. The Morgan fingerprint density at radius 1 is 1.10 bits per heavy atom. The molecule has 7 rings (SSSR count). The number of carbonyl (C=O) groups is 2. The minimum Gasteiger partial charge on any atom is -0.486 e. The van der Waals surface area contributed by atoms with Crippen molar-refractivity contribution in [3.63, 3.8) is 0 Å². The van der Waals surface area contributed by atoms with Crippen LogP contribution in [0, 0.1) is 11.3 Å². The molecule has 48 heavy (non-hydrogen) atoms. The van der Waals surface area contributed by atoms with Crippen molar-refractivity contribution >= 4 is 29.2 Å². The highest BCUT2D eigenvalue weighted by Gasteiger charge is 2.42. The quantitative estimate of drug-likeness (QED) is 0.369. The number of piperazine rings is 1. The van der Waals surface area contributed by atoms with Crippen molar-refractivity contribution < 1.29 is 28.2 Å². The fourth-order valence-corrected chi connectivity index (χ4v) is 6.46. The zero-order valence-corrected chi connectivity index (χ0v) is 26.5. The molecule has 4 aliphatic rings. The summed E-state index contributed by atoms with van der Waals surface area (Å²) in [6, 6.07) is 16.9. The van der Waals surface area contributed by atoms with Gasteiger partial charge in [0.05, 0.1) is 31.4 Å². The van der Waals surface area contributed by atoms with Crippen LogP contribution >= 0.6 is 0 Å². The number of nitrogens with zero attached hydrogens (tertiary/aromatic N) is 6. The minimum atomic E-state index is -1.49. The van der Waals surface area contributed by atoms with Crippen molar-refractivity contribution in [3.8, 4) is 23.2 Å². The summed E-state index contributed by atoms with van der Waals surface area (Å²) in [5.41, 5.74) is 2.90. The van der Waals surface area contributed by atoms with Gasteiger partial charge in [0.25, 0.3) is 0 Å². The number of rotatable bonds is 8. The summed E-state index contributed by atoms with van der Waals surface area (Å²) in [4.78, 5) is 39.7. The lowest BCUT2D eigenvalue weighted by molar-refractivity contribution is -0.138. The lowest BCUT2D eigenvalue weighted by atomic mass is 10.0. The summed E-state index contributed by atoms with van der Waals surface area (Å²) in [5.74, 6) is 0.866. The monoisotopic (exact) mass is 656 g/mol. The summed E-state index contributed by atoms with van der Waals surface area (Å²) in [7, 11) is 0. The third kappa shape index (κ3) is 6.69. The van der Waals surface area contributed by atoms with Gasteiger partial charge in [-0.15, -0.1) is 0 Å². The molecule has 0 spiro atoms. The summed E-state index contributed by atoms with van der Waals surface area (Å²) < 4.78 is 31.5. The molecule has 4 saturated heterocycles. The molecule has 0 radical (unpaired) electrons. The maximum Gasteiger partial charge on any atom is 0.408 e. The number of aromatic nitrogens is 2. The Balaban J connectivity index is 0.956. The minimum absolute atomic E-state index is 0.188. The van der Waals surface area contributed by atoms with E-state index < -0.39 is 36.4 Å². The molecule has 0 bridgehead atoms. The second-order valence-corrected chi connectivity index (χ2v) is 12.5. The number of ether oxygens (including phenoxy) is 3. The van der Waals surface area contributed by atoms with E-state index in [2.05, 4.69) is 48.6 Å². The number of cyclic esters (lactones) is 1. The number of benzene rings is 2. The van der Waals surface area contributed by atoms with Crippen molar-refractivity contribution in [1.29, 1.82) is 5.26 Å². The standard InChI is InChI=1S/C34H37FN8O5/c1-21-31(40-34(45)47-21)33(44)43-11-9-29(27(35)18-43)48-28-7-2-22(16-23(28)17-36)32-37-10-8-30(39-32)38-24-3-5-25(6-4-24)41-12-14-42(15-13-41)26-19-46-20-26/h2-8,10,16,21,26-27,29,31H,9,11-15,18-20H2,1H3,(H,40,45)(H,37,38,39)/t21-,27-,29+,31+/m1/s1. The van der Waals surface area contributed by atoms with E-state index in [4.69, 9.17) is 14.2 Å². The van der Waals surface area contributed by atoms with E-state index in [0.717, 1.165) is 45.1 Å². The van der Waals surface area contributed by atoms with E-state index in [1.54, 1.807) is 37.4 Å². The third-order valence-electron chi connectivity index (χ3n) is 9.34. The number of nitrogens with one attached hydrogen (secondary N) is 2. The van der Waals surface area contributed by atoms with Crippen LogP contribution in [0.5, 0.6) is 5.75 Å². The highest BCUT2D eigenvalue weighted by Crippen LogP contribution is 2.30. The molecule has 4 fully saturated rings. The Labute approximate surface area is 277 Å². The molecule has 0 unspecified atom stereocenters. The fraction of sp³-hybridized carbons (Fsp3) is 0.441. The van der Waals surface area contributed by atoms with Gasteiger partial charge >= 0.3 is 6.09 Å². The van der Waals surface area contributed by atoms with Crippen LogP contribution in [0.3, 0.4) is 0 Å². The van der Waals surface area contributed by atoms with E-state index in [-0.39, 0.29) is 30.8 Å². The predicted octanol–water partition coefficient (Wildman–Crippen LogP) is 3.09. The van der Waals surface area contributed by atoms with Crippen molar-refractivity contribution in [3.05, 3.63) is 60.3 Å². The van der Waals surface area contributed by atoms with Gasteiger partial charge in [0, 0.05) is 62.3 Å². The first-order valence-corrected chi connectivity index (χ1v) is 16.2. The smallest absolute Gasteiger partial charge is 0.408 e. The topological polar surface area (TPSA) is 145 Å². The van der Waals surface area contributed by atoms with Crippen molar-refractivity contribution in [2.24, 2.45) is 0 Å². The maximum atomic E-state index is 15.2. The van der Waals surface area contributed by atoms with Crippen LogP contribution < -0.4 is 20.3 Å². The second-order valence-electron chi connectivity index (χ2n) is 12.5. The van der Waals surface area contributed by atoms with Crippen molar-refractivity contribution in [1.82, 2.24) is 25.1 Å². The van der Waals surface area contributed by atoms with Gasteiger partial charge in [-0.1, -0.05) is 0 Å². The SMILES string of the molecule is C[C@H]1OC(=O)N[C@@H]1C(=O)N1CC[C@H](Oc2ccc(-c3nccc(Nc4ccc(N5CCN(C6COC6)CC5)cc4)n3)cc2C#N)[C@H](F)C1. The first kappa shape index (κ1) is 31.6. The average molecular weight is 657 g/mol. The van der Waals surface area contributed by atoms with E-state index in [1.807, 2.05) is 12.1 Å². The van der Waals surface area contributed by atoms with E-state index in [1.165, 1.54) is 10.6 Å². The van der Waals surface area contributed by atoms with Crippen LogP contribution in [0.25, 0.3) is 11.4 Å². The molecule has 13 nitrogen and oxygen atoms in total. The highest BCUT2D eigenvalue weighted by atomic mass is 19.1. The first-order valence-electron chi connectivity index (χ1n) is 16.2. The van der Waals surface area contributed by atoms with Crippen LogP contribution in [0.2, 0.25) is 0 Å². The molecule has 5 heterocycles. The van der Waals surface area contributed by atoms with Crippen molar-refractivity contribution in [2.75, 3.05) is 62.7 Å². The Bertz CT molecular complexity index is 1690. The lowest BCUT2D eigenvalue weighted by Crippen LogP contribution is -2.56. The second kappa shape index (κ2) is 13.6. The molecular formula is C34H37FN8O5. The van der Waals surface area contributed by atoms with Gasteiger partial charge in [-0.25, -0.2) is 19.2 Å². The normalized spacial score (nSPS) is 24.6. The summed E-state index contributed by atoms with van der Waals surface area (Å²) in [6.07, 6.45) is -1.76. The van der Waals surface area contributed by atoms with Gasteiger partial charge in [-0.3, -0.25) is 9.69 Å². The molecule has 1 aromatic heterocycles. The molecule has 4 atom stereocenters. The number of hydrogen-bond acceptors (Lipinski definition) is 11. The zero-order valence-electron chi connectivity index (χ0n) is 26.5. The zero-order chi connectivity index (χ0) is 33.2. The van der Waals surface area contributed by atoms with Crippen molar-refractivity contribution in [2.45, 2.75) is 43.8 Å². The van der Waals surface area contributed by atoms with Crippen LogP contribution in [0.4, 0.5) is 26.4 Å².